The minimum Gasteiger partial charge on any atom is -0.389 e. The summed E-state index contributed by atoms with van der Waals surface area (Å²) in [5.74, 6) is 0. The lowest BCUT2D eigenvalue weighted by molar-refractivity contribution is -0.107. The number of aliphatic hydroxyl groups is 1. The van der Waals surface area contributed by atoms with Crippen LogP contribution in [0.4, 0.5) is 0 Å². The lowest BCUT2D eigenvalue weighted by atomic mass is 9.98. The van der Waals surface area contributed by atoms with E-state index in [0.29, 0.717) is 6.42 Å². The van der Waals surface area contributed by atoms with Crippen LogP contribution in [0.3, 0.4) is 0 Å². The monoisotopic (exact) mass is 344 g/mol. The van der Waals surface area contributed by atoms with E-state index < -0.39 is 5.60 Å². The zero-order valence-corrected chi connectivity index (χ0v) is 14.9. The van der Waals surface area contributed by atoms with Gasteiger partial charge in [-0.15, -0.1) is 0 Å². The zero-order valence-electron chi connectivity index (χ0n) is 13.3. The number of alkyl halides is 1. The van der Waals surface area contributed by atoms with E-state index in [-0.39, 0.29) is 4.83 Å². The highest BCUT2D eigenvalue weighted by molar-refractivity contribution is 9.09. The van der Waals surface area contributed by atoms with Crippen molar-refractivity contribution in [3.05, 3.63) is 23.3 Å². The second-order valence-corrected chi connectivity index (χ2v) is 7.15. The van der Waals surface area contributed by atoms with Gasteiger partial charge in [-0.3, -0.25) is 0 Å². The molecule has 0 saturated carbocycles. The molecule has 0 heterocycles. The van der Waals surface area contributed by atoms with Crippen LogP contribution in [0.1, 0.15) is 66.2 Å². The standard InChI is InChI=1S/C17H29BrO2/c1-14(8-5-6-13-19)9-7-10-15(2)11-12-16(18)17(3,4)20/h8,10,13,16,20H,5-7,9,11-12H2,1-4H3/b14-8+,15-10+. The van der Waals surface area contributed by atoms with E-state index in [1.54, 1.807) is 0 Å². The molecule has 0 aliphatic heterocycles. The molecule has 0 aromatic rings. The van der Waals surface area contributed by atoms with Gasteiger partial charge in [-0.05, 0) is 59.8 Å². The first-order valence-electron chi connectivity index (χ1n) is 7.38. The summed E-state index contributed by atoms with van der Waals surface area (Å²) in [4.78, 5) is 10.4. The van der Waals surface area contributed by atoms with Crippen LogP contribution < -0.4 is 0 Å². The molecule has 0 aliphatic rings. The molecule has 0 aromatic carbocycles. The number of allylic oxidation sites excluding steroid dienone is 4. The van der Waals surface area contributed by atoms with Gasteiger partial charge in [0, 0.05) is 11.2 Å². The average Bonchev–Trinajstić information content (AvgIpc) is 2.35. The molecule has 0 fully saturated rings. The molecule has 0 aliphatic carbocycles. The Hall–Kier alpha value is -0.410. The fraction of sp³-hybridized carbons (Fsp3) is 0.706. The second-order valence-electron chi connectivity index (χ2n) is 6.04. The summed E-state index contributed by atoms with van der Waals surface area (Å²) in [6.07, 6.45) is 10.9. The molecule has 0 bridgehead atoms. The van der Waals surface area contributed by atoms with Crippen LogP contribution in [0.5, 0.6) is 0 Å². The molecule has 1 atom stereocenters. The third kappa shape index (κ3) is 10.4. The van der Waals surface area contributed by atoms with Gasteiger partial charge in [0.1, 0.15) is 6.29 Å². The average molecular weight is 345 g/mol. The molecule has 0 amide bonds. The van der Waals surface area contributed by atoms with Crippen molar-refractivity contribution in [1.82, 2.24) is 0 Å². The molecule has 2 nitrogen and oxygen atoms in total. The summed E-state index contributed by atoms with van der Waals surface area (Å²) in [5, 5.41) is 9.85. The number of aldehydes is 1. The molecule has 1 N–H and O–H groups in total. The minimum atomic E-state index is -0.668. The maximum atomic E-state index is 10.2. The Morgan fingerprint density at radius 2 is 1.65 bits per heavy atom. The number of carbonyl (C=O) groups is 1. The van der Waals surface area contributed by atoms with E-state index >= 15 is 0 Å². The van der Waals surface area contributed by atoms with Crippen LogP contribution in [0.25, 0.3) is 0 Å². The van der Waals surface area contributed by atoms with Crippen LogP contribution >= 0.6 is 15.9 Å². The first kappa shape index (κ1) is 19.6. The first-order valence-corrected chi connectivity index (χ1v) is 8.30. The largest absolute Gasteiger partial charge is 0.389 e. The van der Waals surface area contributed by atoms with Crippen molar-refractivity contribution in [2.24, 2.45) is 0 Å². The van der Waals surface area contributed by atoms with E-state index in [1.165, 1.54) is 11.1 Å². The molecule has 0 rings (SSSR count). The summed E-state index contributed by atoms with van der Waals surface area (Å²) in [6.45, 7) is 7.93. The third-order valence-corrected chi connectivity index (χ3v) is 4.95. The van der Waals surface area contributed by atoms with Gasteiger partial charge in [-0.25, -0.2) is 0 Å². The molecule has 0 spiro atoms. The number of hydrogen-bond acceptors (Lipinski definition) is 2. The zero-order chi connectivity index (χ0) is 15.6. The molecular weight excluding hydrogens is 316 g/mol. The van der Waals surface area contributed by atoms with E-state index in [4.69, 9.17) is 0 Å². The number of hydrogen-bond donors (Lipinski definition) is 1. The molecule has 0 saturated heterocycles. The Balaban J connectivity index is 3.97. The molecule has 1 unspecified atom stereocenters. The van der Waals surface area contributed by atoms with Crippen molar-refractivity contribution in [3.8, 4) is 0 Å². The van der Waals surface area contributed by atoms with Crippen molar-refractivity contribution >= 4 is 22.2 Å². The van der Waals surface area contributed by atoms with Gasteiger partial charge in [0.2, 0.25) is 0 Å². The van der Waals surface area contributed by atoms with Crippen molar-refractivity contribution < 1.29 is 9.90 Å². The molecule has 0 aromatic heterocycles. The van der Waals surface area contributed by atoms with Gasteiger partial charge in [-0.1, -0.05) is 39.2 Å². The minimum absolute atomic E-state index is 0.128. The van der Waals surface area contributed by atoms with Gasteiger partial charge in [0.15, 0.2) is 0 Å². The van der Waals surface area contributed by atoms with Crippen molar-refractivity contribution in [2.45, 2.75) is 76.6 Å². The van der Waals surface area contributed by atoms with E-state index in [1.807, 2.05) is 13.8 Å². The predicted molar refractivity (Wildman–Crippen MR) is 90.3 cm³/mol. The van der Waals surface area contributed by atoms with Crippen LogP contribution in [0.2, 0.25) is 0 Å². The predicted octanol–water partition coefficient (Wildman–Crippen LogP) is 4.95. The van der Waals surface area contributed by atoms with E-state index in [0.717, 1.165) is 38.4 Å². The number of carbonyl (C=O) groups excluding carboxylic acids is 1. The quantitative estimate of drug-likeness (QED) is 0.263. The van der Waals surface area contributed by atoms with Gasteiger partial charge < -0.3 is 9.90 Å². The SMILES string of the molecule is C/C(=C\CCC=O)CC/C=C(\C)CCC(Br)C(C)(C)O. The number of unbranched alkanes of at least 4 members (excludes halogenated alkanes) is 1. The lowest BCUT2D eigenvalue weighted by Crippen LogP contribution is -2.31. The fourth-order valence-corrected chi connectivity index (χ4v) is 2.08. The van der Waals surface area contributed by atoms with Crippen molar-refractivity contribution in [1.29, 1.82) is 0 Å². The lowest BCUT2D eigenvalue weighted by Gasteiger charge is -2.24. The summed E-state index contributed by atoms with van der Waals surface area (Å²) in [7, 11) is 0. The van der Waals surface area contributed by atoms with Crippen LogP contribution in [0.15, 0.2) is 23.3 Å². The second kappa shape index (κ2) is 10.3. The van der Waals surface area contributed by atoms with Crippen LogP contribution in [-0.2, 0) is 4.79 Å². The molecule has 3 heteroatoms. The smallest absolute Gasteiger partial charge is 0.120 e. The molecule has 0 radical (unpaired) electrons. The Labute approximate surface area is 132 Å². The normalized spacial score (nSPS) is 15.3. The van der Waals surface area contributed by atoms with E-state index in [2.05, 4.69) is 41.9 Å². The highest BCUT2D eigenvalue weighted by Gasteiger charge is 2.23. The van der Waals surface area contributed by atoms with Crippen LogP contribution in [-0.4, -0.2) is 21.8 Å². The van der Waals surface area contributed by atoms with Gasteiger partial charge in [0.25, 0.3) is 0 Å². The Morgan fingerprint density at radius 3 is 2.20 bits per heavy atom. The Morgan fingerprint density at radius 1 is 1.10 bits per heavy atom. The highest BCUT2D eigenvalue weighted by Crippen LogP contribution is 2.24. The first-order chi connectivity index (χ1) is 9.27. The van der Waals surface area contributed by atoms with Gasteiger partial charge in [0.05, 0.1) is 5.60 Å². The number of rotatable bonds is 10. The molecular formula is C17H29BrO2. The number of halogens is 1. The topological polar surface area (TPSA) is 37.3 Å². The van der Waals surface area contributed by atoms with E-state index in [9.17, 15) is 9.90 Å². The maximum Gasteiger partial charge on any atom is 0.120 e. The van der Waals surface area contributed by atoms with Gasteiger partial charge >= 0.3 is 0 Å². The molecule has 116 valence electrons. The third-order valence-electron chi connectivity index (χ3n) is 3.37. The van der Waals surface area contributed by atoms with Crippen molar-refractivity contribution in [2.75, 3.05) is 0 Å². The summed E-state index contributed by atoms with van der Waals surface area (Å²) < 4.78 is 0. The highest BCUT2D eigenvalue weighted by atomic mass is 79.9. The molecule has 20 heavy (non-hydrogen) atoms. The summed E-state index contributed by atoms with van der Waals surface area (Å²) in [5.41, 5.74) is 2.06. The Kier molecular flexibility index (Phi) is 10.1. The van der Waals surface area contributed by atoms with Crippen molar-refractivity contribution in [3.63, 3.8) is 0 Å². The summed E-state index contributed by atoms with van der Waals surface area (Å²) in [6, 6.07) is 0. The van der Waals surface area contributed by atoms with Crippen LogP contribution in [0, 0.1) is 0 Å². The Bertz CT molecular complexity index is 337. The fourth-order valence-electron chi connectivity index (χ4n) is 1.86. The maximum absolute atomic E-state index is 10.2. The van der Waals surface area contributed by atoms with Gasteiger partial charge in [-0.2, -0.15) is 0 Å². The summed E-state index contributed by atoms with van der Waals surface area (Å²) >= 11 is 3.54.